The lowest BCUT2D eigenvalue weighted by Gasteiger charge is -2.27. The van der Waals surface area contributed by atoms with E-state index in [2.05, 4.69) is 59.8 Å². The highest BCUT2D eigenvalue weighted by Crippen LogP contribution is 2.25. The molecule has 0 saturated carbocycles. The number of nitrogens with one attached hydrogen (secondary N) is 4. The Kier molecular flexibility index (Phi) is 4.81. The zero-order valence-electron chi connectivity index (χ0n) is 15.1. The zero-order chi connectivity index (χ0) is 17.1. The summed E-state index contributed by atoms with van der Waals surface area (Å²) in [7, 11) is 2.31. The smallest absolute Gasteiger partial charge is 0.213 e. The number of piperazine rings is 1. The van der Waals surface area contributed by atoms with Crippen LogP contribution in [0.1, 0.15) is 6.42 Å². The summed E-state index contributed by atoms with van der Waals surface area (Å²) in [6.07, 6.45) is 3.26. The minimum Gasteiger partial charge on any atom is -0.384 e. The average Bonchev–Trinajstić information content (AvgIpc) is 2.65. The van der Waals surface area contributed by atoms with E-state index in [0.29, 0.717) is 0 Å². The quantitative estimate of drug-likeness (QED) is 0.446. The van der Waals surface area contributed by atoms with Gasteiger partial charge in [0.1, 0.15) is 26.2 Å². The van der Waals surface area contributed by atoms with E-state index >= 15 is 0 Å². The molecule has 0 bridgehead atoms. The van der Waals surface area contributed by atoms with Gasteiger partial charge in [0, 0.05) is 25.1 Å². The molecule has 4 N–H and O–H groups in total. The molecule has 3 aromatic rings. The van der Waals surface area contributed by atoms with Gasteiger partial charge >= 0.3 is 0 Å². The number of likely N-dealkylation sites (N-methyl/N-ethyl adjacent to an activating group) is 1. The van der Waals surface area contributed by atoms with Gasteiger partial charge in [0.25, 0.3) is 0 Å². The van der Waals surface area contributed by atoms with Crippen LogP contribution in [-0.2, 0) is 0 Å². The number of H-pyrrole nitrogens is 1. The number of fused-ring (bicyclic) bond motifs is 2. The van der Waals surface area contributed by atoms with Crippen molar-refractivity contribution in [1.29, 1.82) is 0 Å². The van der Waals surface area contributed by atoms with Crippen molar-refractivity contribution < 1.29 is 14.8 Å². The van der Waals surface area contributed by atoms with Gasteiger partial charge in [0.2, 0.25) is 5.52 Å². The second-order valence-electron chi connectivity index (χ2n) is 7.37. The number of hydrogen-bond donors (Lipinski definition) is 3. The summed E-state index contributed by atoms with van der Waals surface area (Å²) in [5.41, 5.74) is 2.42. The number of benzene rings is 2. The number of anilines is 1. The summed E-state index contributed by atoms with van der Waals surface area (Å²) in [6, 6.07) is 15.2. The molecule has 2 heterocycles. The predicted octanol–water partition coefficient (Wildman–Crippen LogP) is 0.0223. The summed E-state index contributed by atoms with van der Waals surface area (Å²) in [5.74, 6) is 0. The molecule has 0 amide bonds. The monoisotopic (exact) mass is 337 g/mol. The summed E-state index contributed by atoms with van der Waals surface area (Å²) in [4.78, 5) is 6.83. The third-order valence-corrected chi connectivity index (χ3v) is 5.50. The first-order valence-corrected chi connectivity index (χ1v) is 9.51. The van der Waals surface area contributed by atoms with E-state index in [1.807, 2.05) is 6.20 Å². The highest BCUT2D eigenvalue weighted by atomic mass is 15.2. The van der Waals surface area contributed by atoms with Gasteiger partial charge < -0.3 is 15.1 Å². The Bertz CT molecular complexity index is 853. The van der Waals surface area contributed by atoms with Crippen molar-refractivity contribution in [3.63, 3.8) is 0 Å². The summed E-state index contributed by atoms with van der Waals surface area (Å²) >= 11 is 0. The summed E-state index contributed by atoms with van der Waals surface area (Å²) in [5, 5.41) is 7.51. The number of quaternary nitrogens is 2. The van der Waals surface area contributed by atoms with Crippen LogP contribution in [0, 0.1) is 0 Å². The number of aromatic amines is 1. The SMILES string of the molecule is C[NH+]1CC[NH+](CCCNc2cc[nH+]c3cc4ccccc4cc23)CC1. The second kappa shape index (κ2) is 7.38. The van der Waals surface area contributed by atoms with Crippen LogP contribution >= 0.6 is 0 Å². The van der Waals surface area contributed by atoms with E-state index in [1.54, 1.807) is 9.80 Å². The topological polar surface area (TPSA) is 35.0 Å². The van der Waals surface area contributed by atoms with Crippen LogP contribution in [0.4, 0.5) is 5.69 Å². The van der Waals surface area contributed by atoms with Crippen LogP contribution in [0.25, 0.3) is 21.7 Å². The fourth-order valence-corrected chi connectivity index (χ4v) is 3.88. The van der Waals surface area contributed by atoms with E-state index in [-0.39, 0.29) is 0 Å². The average molecular weight is 337 g/mol. The van der Waals surface area contributed by atoms with E-state index < -0.39 is 0 Å². The van der Waals surface area contributed by atoms with Crippen LogP contribution in [0.15, 0.2) is 48.7 Å². The molecule has 0 atom stereocenters. The third-order valence-electron chi connectivity index (χ3n) is 5.50. The molecule has 2 aromatic carbocycles. The van der Waals surface area contributed by atoms with Crippen molar-refractivity contribution in [3.05, 3.63) is 48.7 Å². The van der Waals surface area contributed by atoms with Crippen LogP contribution in [0.5, 0.6) is 0 Å². The molecule has 1 saturated heterocycles. The lowest BCUT2D eigenvalue weighted by atomic mass is 10.1. The minimum absolute atomic E-state index is 1.04. The molecule has 1 aliphatic heterocycles. The Hall–Kier alpha value is -2.17. The molecule has 0 aliphatic carbocycles. The first-order valence-electron chi connectivity index (χ1n) is 9.51. The molecule has 4 nitrogen and oxygen atoms in total. The maximum absolute atomic E-state index is 3.66. The summed E-state index contributed by atoms with van der Waals surface area (Å²) in [6.45, 7) is 7.59. The van der Waals surface area contributed by atoms with E-state index in [4.69, 9.17) is 0 Å². The number of hydrogen-bond acceptors (Lipinski definition) is 1. The Morgan fingerprint density at radius 2 is 1.76 bits per heavy atom. The van der Waals surface area contributed by atoms with Crippen LogP contribution in [0.2, 0.25) is 0 Å². The fraction of sp³-hybridized carbons (Fsp3) is 0.381. The van der Waals surface area contributed by atoms with Crippen molar-refractivity contribution in [2.24, 2.45) is 0 Å². The van der Waals surface area contributed by atoms with Gasteiger partial charge in [-0.15, -0.1) is 0 Å². The van der Waals surface area contributed by atoms with Gasteiger partial charge in [0.15, 0.2) is 6.20 Å². The number of rotatable bonds is 5. The van der Waals surface area contributed by atoms with E-state index in [0.717, 1.165) is 6.54 Å². The Morgan fingerprint density at radius 1 is 1.00 bits per heavy atom. The molecule has 0 spiro atoms. The molecule has 0 unspecified atom stereocenters. The molecule has 4 rings (SSSR count). The third kappa shape index (κ3) is 3.75. The van der Waals surface area contributed by atoms with Crippen molar-refractivity contribution in [2.45, 2.75) is 6.42 Å². The number of pyridine rings is 1. The Labute approximate surface area is 149 Å². The standard InChI is InChI=1S/C21H26N4/c1-24-11-13-25(14-12-24)10-4-8-22-20-7-9-23-21-16-18-6-3-2-5-17(18)15-19(20)21/h2-3,5-7,9,15-16H,4,8,10-14H2,1H3,(H,22,23)/p+3. The molecule has 1 aromatic heterocycles. The predicted molar refractivity (Wildman–Crippen MR) is 103 cm³/mol. The van der Waals surface area contributed by atoms with E-state index in [1.165, 1.54) is 66.5 Å². The first kappa shape index (κ1) is 16.3. The molecular formula is C21H29N4+3. The number of aromatic nitrogens is 1. The van der Waals surface area contributed by atoms with Gasteiger partial charge in [-0.1, -0.05) is 24.3 Å². The van der Waals surface area contributed by atoms with Crippen molar-refractivity contribution in [2.75, 3.05) is 51.6 Å². The lowest BCUT2D eigenvalue weighted by molar-refractivity contribution is -1.00. The molecular weight excluding hydrogens is 308 g/mol. The molecule has 0 radical (unpaired) electrons. The fourth-order valence-electron chi connectivity index (χ4n) is 3.88. The molecule has 1 fully saturated rings. The van der Waals surface area contributed by atoms with E-state index in [9.17, 15) is 0 Å². The van der Waals surface area contributed by atoms with Crippen molar-refractivity contribution >= 4 is 27.4 Å². The maximum Gasteiger partial charge on any atom is 0.213 e. The van der Waals surface area contributed by atoms with Gasteiger partial charge in [-0.25, -0.2) is 4.98 Å². The molecule has 130 valence electrons. The first-order chi connectivity index (χ1) is 12.3. The maximum atomic E-state index is 3.66. The largest absolute Gasteiger partial charge is 0.384 e. The van der Waals surface area contributed by atoms with Gasteiger partial charge in [-0.05, 0) is 16.8 Å². The summed E-state index contributed by atoms with van der Waals surface area (Å²) < 4.78 is 0. The minimum atomic E-state index is 1.04. The zero-order valence-corrected chi connectivity index (χ0v) is 15.1. The van der Waals surface area contributed by atoms with Crippen LogP contribution < -0.4 is 20.1 Å². The van der Waals surface area contributed by atoms with Crippen LogP contribution in [-0.4, -0.2) is 46.3 Å². The van der Waals surface area contributed by atoms with Gasteiger partial charge in [-0.3, -0.25) is 0 Å². The Morgan fingerprint density at radius 3 is 2.56 bits per heavy atom. The second-order valence-corrected chi connectivity index (χ2v) is 7.37. The van der Waals surface area contributed by atoms with Crippen LogP contribution in [0.3, 0.4) is 0 Å². The highest BCUT2D eigenvalue weighted by Gasteiger charge is 2.19. The van der Waals surface area contributed by atoms with Crippen molar-refractivity contribution in [3.8, 4) is 0 Å². The molecule has 25 heavy (non-hydrogen) atoms. The van der Waals surface area contributed by atoms with Gasteiger partial charge in [0.05, 0.1) is 24.7 Å². The molecule has 1 aliphatic rings. The highest BCUT2D eigenvalue weighted by molar-refractivity contribution is 6.00. The lowest BCUT2D eigenvalue weighted by Crippen LogP contribution is -3.27. The normalized spacial score (nSPS) is 20.8. The van der Waals surface area contributed by atoms with Crippen molar-refractivity contribution in [1.82, 2.24) is 0 Å². The molecule has 4 heteroatoms. The Balaban J connectivity index is 1.42. The van der Waals surface area contributed by atoms with Gasteiger partial charge in [-0.2, -0.15) is 0 Å².